The Morgan fingerprint density at radius 1 is 1.09 bits per heavy atom. The second-order valence-corrected chi connectivity index (χ2v) is 11.2. The van der Waals surface area contributed by atoms with Crippen molar-refractivity contribution in [3.63, 3.8) is 0 Å². The fourth-order valence-corrected chi connectivity index (χ4v) is 6.52. The number of nitrogens with one attached hydrogen (secondary N) is 1. The topological polar surface area (TPSA) is 106 Å². The molecule has 2 aromatic carbocycles. The molecule has 1 N–H and O–H groups in total. The average Bonchev–Trinajstić information content (AvgIpc) is 3.61. The van der Waals surface area contributed by atoms with E-state index in [9.17, 15) is 10.1 Å². The molecule has 0 spiro atoms. The van der Waals surface area contributed by atoms with E-state index in [0.717, 1.165) is 22.4 Å². The van der Waals surface area contributed by atoms with E-state index in [0.29, 0.717) is 17.0 Å². The molecule has 1 aliphatic heterocycles. The summed E-state index contributed by atoms with van der Waals surface area (Å²) in [5, 5.41) is 21.0. The van der Waals surface area contributed by atoms with Crippen molar-refractivity contribution in [1.82, 2.24) is 20.0 Å². The summed E-state index contributed by atoms with van der Waals surface area (Å²) < 4.78 is 38.6. The van der Waals surface area contributed by atoms with Crippen molar-refractivity contribution in [1.29, 1.82) is 5.26 Å². The van der Waals surface area contributed by atoms with E-state index < -0.39 is 47.7 Å². The van der Waals surface area contributed by atoms with Crippen LogP contribution in [0.5, 0.6) is 0 Å². The van der Waals surface area contributed by atoms with E-state index in [1.807, 2.05) is 49.5 Å². The third-order valence-corrected chi connectivity index (χ3v) is 8.87. The lowest BCUT2D eigenvalue weighted by atomic mass is 9.60. The molecule has 2 aromatic heterocycles. The predicted octanol–water partition coefficient (Wildman–Crippen LogP) is 6.18. The van der Waals surface area contributed by atoms with Gasteiger partial charge in [-0.2, -0.15) is 5.26 Å². The van der Waals surface area contributed by atoms with Gasteiger partial charge in [-0.05, 0) is 43.2 Å². The first-order chi connectivity index (χ1) is 20.7. The van der Waals surface area contributed by atoms with Crippen molar-refractivity contribution in [3.8, 4) is 28.5 Å². The molecular weight excluding hydrogens is 550 g/mol. The molecule has 6 rings (SSSR count). The molecular formula is C33H30F2N6O2. The maximum atomic E-state index is 15.8. The fourth-order valence-electron chi connectivity index (χ4n) is 6.52. The number of esters is 1. The van der Waals surface area contributed by atoms with E-state index >= 15 is 8.78 Å². The van der Waals surface area contributed by atoms with Crippen LogP contribution in [0.2, 0.25) is 0 Å². The van der Waals surface area contributed by atoms with E-state index in [1.54, 1.807) is 49.7 Å². The minimum atomic E-state index is -3.19. The molecule has 43 heavy (non-hydrogen) atoms. The van der Waals surface area contributed by atoms with Gasteiger partial charge in [0.15, 0.2) is 5.54 Å². The van der Waals surface area contributed by atoms with Crippen LogP contribution < -0.4 is 5.32 Å². The number of anilines is 1. The first-order valence-electron chi connectivity index (χ1n) is 14.1. The monoisotopic (exact) mass is 580 g/mol. The molecule has 218 valence electrons. The molecule has 1 saturated heterocycles. The van der Waals surface area contributed by atoms with Crippen LogP contribution in [-0.2, 0) is 15.1 Å². The van der Waals surface area contributed by atoms with Gasteiger partial charge in [0.1, 0.15) is 11.8 Å². The molecule has 5 atom stereocenters. The smallest absolute Gasteiger partial charge is 0.335 e. The quantitative estimate of drug-likeness (QED) is 0.272. The van der Waals surface area contributed by atoms with E-state index in [-0.39, 0.29) is 0 Å². The molecule has 0 bridgehead atoms. The average molecular weight is 581 g/mol. The van der Waals surface area contributed by atoms with Gasteiger partial charge in [-0.1, -0.05) is 54.6 Å². The number of alkyl halides is 2. The van der Waals surface area contributed by atoms with Crippen LogP contribution in [0.15, 0.2) is 79.1 Å². The van der Waals surface area contributed by atoms with E-state index in [4.69, 9.17) is 4.74 Å². The molecule has 8 nitrogen and oxygen atoms in total. The zero-order chi connectivity index (χ0) is 30.4. The van der Waals surface area contributed by atoms with Crippen LogP contribution in [0.1, 0.15) is 31.5 Å². The van der Waals surface area contributed by atoms with Gasteiger partial charge >= 0.3 is 5.97 Å². The number of halogens is 2. The normalized spacial score (nSPS) is 26.1. The summed E-state index contributed by atoms with van der Waals surface area (Å²) in [6, 6.07) is 20.5. The Morgan fingerprint density at radius 2 is 1.84 bits per heavy atom. The number of carbonyl (C=O) groups is 1. The van der Waals surface area contributed by atoms with Gasteiger partial charge in [0.05, 0.1) is 23.5 Å². The molecule has 0 radical (unpaired) electrons. The molecule has 0 unspecified atom stereocenters. The van der Waals surface area contributed by atoms with Crippen molar-refractivity contribution < 1.29 is 18.3 Å². The zero-order valence-electron chi connectivity index (χ0n) is 23.9. The fraction of sp³-hybridized carbons (Fsp3) is 0.303. The highest BCUT2D eigenvalue weighted by Crippen LogP contribution is 2.58. The van der Waals surface area contributed by atoms with Gasteiger partial charge < -0.3 is 10.1 Å². The first-order valence-corrected chi connectivity index (χ1v) is 14.1. The summed E-state index contributed by atoms with van der Waals surface area (Å²) in [6.45, 7) is 3.26. The Balaban J connectivity index is 1.35. The molecule has 1 aliphatic carbocycles. The number of rotatable bonds is 6. The van der Waals surface area contributed by atoms with Crippen LogP contribution in [0, 0.1) is 29.1 Å². The largest absolute Gasteiger partial charge is 0.460 e. The minimum Gasteiger partial charge on any atom is -0.460 e. The van der Waals surface area contributed by atoms with Gasteiger partial charge in [0, 0.05) is 53.9 Å². The number of hydrogen-bond acceptors (Lipinski definition) is 7. The van der Waals surface area contributed by atoms with Crippen molar-refractivity contribution >= 4 is 17.7 Å². The van der Waals surface area contributed by atoms with Crippen LogP contribution in [0.3, 0.4) is 0 Å². The molecule has 1 saturated carbocycles. The third kappa shape index (κ3) is 4.75. The van der Waals surface area contributed by atoms with Crippen molar-refractivity contribution in [3.05, 3.63) is 90.4 Å². The summed E-state index contributed by atoms with van der Waals surface area (Å²) in [5.41, 5.74) is 3.05. The summed E-state index contributed by atoms with van der Waals surface area (Å²) in [4.78, 5) is 18.0. The van der Waals surface area contributed by atoms with Crippen LogP contribution in [-0.4, -0.2) is 45.0 Å². The van der Waals surface area contributed by atoms with Gasteiger partial charge in [0.25, 0.3) is 5.92 Å². The van der Waals surface area contributed by atoms with Gasteiger partial charge in [-0.15, -0.1) is 5.10 Å². The highest BCUT2D eigenvalue weighted by molar-refractivity contribution is 5.82. The predicted molar refractivity (Wildman–Crippen MR) is 158 cm³/mol. The maximum Gasteiger partial charge on any atom is 0.335 e. The second kappa shape index (κ2) is 10.7. The Bertz CT molecular complexity index is 1730. The first kappa shape index (κ1) is 28.2. The maximum absolute atomic E-state index is 15.8. The summed E-state index contributed by atoms with van der Waals surface area (Å²) >= 11 is 0. The zero-order valence-corrected chi connectivity index (χ0v) is 23.9. The molecule has 2 aliphatic rings. The van der Waals surface area contributed by atoms with Gasteiger partial charge in [0.2, 0.25) is 0 Å². The number of pyridine rings is 1. The minimum absolute atomic E-state index is 0.472. The van der Waals surface area contributed by atoms with Crippen molar-refractivity contribution in [2.24, 2.45) is 17.8 Å². The van der Waals surface area contributed by atoms with Crippen LogP contribution in [0.4, 0.5) is 14.5 Å². The van der Waals surface area contributed by atoms with E-state index in [2.05, 4.69) is 26.7 Å². The van der Waals surface area contributed by atoms with E-state index in [1.165, 1.54) is 11.6 Å². The number of carbonyl (C=O) groups excluding carboxylic acids is 1. The third-order valence-electron chi connectivity index (χ3n) is 8.87. The molecule has 4 aromatic rings. The Hall–Kier alpha value is -4.91. The standard InChI is InChI=1S/C33H30F2N6O2/c1-20-27(15-14-26-13-10-24(17-38-26)28-7-5-4-6-23(28)16-36)30-21(2)43-31(42)32(30,19-33(20,34)35)41-18-29(39-40-41)22-8-11-25(37-3)12-9-22/h4-15,17-18,20-21,27,30,37H,19H2,1-3H3/b15-14+/t20-,21+,27-,30-,32-/m0/s1. The Kier molecular flexibility index (Phi) is 7.04. The van der Waals surface area contributed by atoms with Crippen LogP contribution in [0.25, 0.3) is 28.5 Å². The van der Waals surface area contributed by atoms with Gasteiger partial charge in [-0.25, -0.2) is 18.3 Å². The molecule has 0 amide bonds. The molecule has 2 fully saturated rings. The number of nitriles is 1. The number of cyclic esters (lactones) is 1. The number of nitrogens with zero attached hydrogens (tertiary/aromatic N) is 5. The van der Waals surface area contributed by atoms with Crippen molar-refractivity contribution in [2.45, 2.75) is 37.8 Å². The van der Waals surface area contributed by atoms with Gasteiger partial charge in [-0.3, -0.25) is 4.98 Å². The summed E-state index contributed by atoms with van der Waals surface area (Å²) in [6.07, 6.45) is 5.29. The Morgan fingerprint density at radius 3 is 2.53 bits per heavy atom. The number of ether oxygens (including phenoxy) is 1. The summed E-state index contributed by atoms with van der Waals surface area (Å²) in [5.74, 6) is -6.33. The molecule has 10 heteroatoms. The highest BCUT2D eigenvalue weighted by atomic mass is 19.3. The lowest BCUT2D eigenvalue weighted by molar-refractivity contribution is -0.169. The number of benzene rings is 2. The number of aromatic nitrogens is 4. The highest BCUT2D eigenvalue weighted by Gasteiger charge is 2.69. The Labute approximate surface area is 248 Å². The lowest BCUT2D eigenvalue weighted by Gasteiger charge is -2.47. The lowest BCUT2D eigenvalue weighted by Crippen LogP contribution is -2.59. The SMILES string of the molecule is CNc1ccc(-c2cn([C@@]34CC(F)(F)[C@@H](C)[C@H](/C=C/c5ccc(-c6ccccc6C#N)cn5)[C@@H]3[C@@H](C)OC4=O)nn2)cc1. The summed E-state index contributed by atoms with van der Waals surface area (Å²) in [7, 11) is 1.81. The molecule has 3 heterocycles. The number of fused-ring (bicyclic) bond motifs is 1. The number of allylic oxidation sites excluding steroid dienone is 1. The van der Waals surface area contributed by atoms with Crippen molar-refractivity contribution in [2.75, 3.05) is 12.4 Å². The van der Waals surface area contributed by atoms with Crippen LogP contribution >= 0.6 is 0 Å². The second-order valence-electron chi connectivity index (χ2n) is 11.2. The number of hydrogen-bond donors (Lipinski definition) is 1.